The fraction of sp³-hybridized carbons (Fsp3) is 0.500. The molecule has 1 aliphatic rings. The molecule has 7 heteroatoms. The molecule has 2 aromatic rings. The molecule has 0 aliphatic carbocycles. The van der Waals surface area contributed by atoms with Crippen LogP contribution in [0.15, 0.2) is 60.7 Å². The Balaban J connectivity index is 1.62. The zero-order valence-electron chi connectivity index (χ0n) is 18.2. The van der Waals surface area contributed by atoms with E-state index >= 15 is 0 Å². The molecule has 3 rings (SSSR count). The average Bonchev–Trinajstić information content (AvgIpc) is 2.78. The van der Waals surface area contributed by atoms with E-state index in [1.54, 1.807) is 0 Å². The minimum Gasteiger partial charge on any atom is -0.378 e. The van der Waals surface area contributed by atoms with E-state index in [4.69, 9.17) is 9.47 Å². The van der Waals surface area contributed by atoms with Gasteiger partial charge in [0, 0.05) is 39.3 Å². The quantitative estimate of drug-likeness (QED) is 0.719. The van der Waals surface area contributed by atoms with Gasteiger partial charge in [-0.3, -0.25) is 9.80 Å². The van der Waals surface area contributed by atoms with Crippen molar-refractivity contribution in [3.63, 3.8) is 0 Å². The molecule has 0 bridgehead atoms. The number of hydrogen-bond acceptors (Lipinski definition) is 6. The van der Waals surface area contributed by atoms with Gasteiger partial charge in [0.15, 0.2) is 9.84 Å². The van der Waals surface area contributed by atoms with Gasteiger partial charge in [-0.05, 0) is 11.1 Å². The van der Waals surface area contributed by atoms with Crippen molar-refractivity contribution in [1.82, 2.24) is 9.80 Å². The minimum atomic E-state index is -3.16. The highest BCUT2D eigenvalue weighted by atomic mass is 32.2. The summed E-state index contributed by atoms with van der Waals surface area (Å²) in [6, 6.07) is 20.3. The molecular formula is C24H34N2O4S. The lowest BCUT2D eigenvalue weighted by Gasteiger charge is -2.23. The molecule has 0 radical (unpaired) electrons. The number of nitrogens with zero attached hydrogens (tertiary/aromatic N) is 2. The zero-order valence-corrected chi connectivity index (χ0v) is 19.0. The van der Waals surface area contributed by atoms with Crippen molar-refractivity contribution in [2.45, 2.75) is 13.1 Å². The summed E-state index contributed by atoms with van der Waals surface area (Å²) in [6.07, 6.45) is 0. The van der Waals surface area contributed by atoms with Crippen LogP contribution in [0.4, 0.5) is 0 Å². The Labute approximate surface area is 186 Å². The van der Waals surface area contributed by atoms with Crippen LogP contribution in [-0.2, 0) is 32.4 Å². The molecule has 0 N–H and O–H groups in total. The van der Waals surface area contributed by atoms with Gasteiger partial charge in [-0.2, -0.15) is 0 Å². The van der Waals surface area contributed by atoms with Crippen molar-refractivity contribution in [3.05, 3.63) is 71.8 Å². The Hall–Kier alpha value is -1.77. The van der Waals surface area contributed by atoms with Crippen LogP contribution in [0, 0.1) is 0 Å². The van der Waals surface area contributed by atoms with Gasteiger partial charge in [-0.15, -0.1) is 0 Å². The number of hydrogen-bond donors (Lipinski definition) is 0. The summed E-state index contributed by atoms with van der Waals surface area (Å²) < 4.78 is 37.0. The molecule has 0 unspecified atom stereocenters. The van der Waals surface area contributed by atoms with E-state index in [0.29, 0.717) is 52.6 Å². The number of sulfone groups is 1. The lowest BCUT2D eigenvalue weighted by Crippen LogP contribution is -2.35. The third-order valence-electron chi connectivity index (χ3n) is 5.41. The van der Waals surface area contributed by atoms with Crippen LogP contribution in [0.3, 0.4) is 0 Å². The summed E-state index contributed by atoms with van der Waals surface area (Å²) in [7, 11) is -3.16. The molecule has 1 fully saturated rings. The smallest absolute Gasteiger partial charge is 0.152 e. The van der Waals surface area contributed by atoms with Crippen LogP contribution in [0.25, 0.3) is 0 Å². The van der Waals surface area contributed by atoms with Crippen molar-refractivity contribution in [2.75, 3.05) is 64.1 Å². The number of benzene rings is 2. The molecule has 31 heavy (non-hydrogen) atoms. The van der Waals surface area contributed by atoms with Crippen LogP contribution >= 0.6 is 0 Å². The van der Waals surface area contributed by atoms with Crippen LogP contribution in [0.5, 0.6) is 0 Å². The lowest BCUT2D eigenvalue weighted by atomic mass is 10.2. The Morgan fingerprint density at radius 1 is 0.613 bits per heavy atom. The van der Waals surface area contributed by atoms with E-state index in [2.05, 4.69) is 34.1 Å². The molecular weight excluding hydrogens is 412 g/mol. The van der Waals surface area contributed by atoms with Crippen LogP contribution in [0.1, 0.15) is 11.1 Å². The zero-order chi connectivity index (χ0) is 21.8. The van der Waals surface area contributed by atoms with Crippen molar-refractivity contribution < 1.29 is 17.9 Å². The molecule has 0 saturated carbocycles. The fourth-order valence-electron chi connectivity index (χ4n) is 3.57. The summed E-state index contributed by atoms with van der Waals surface area (Å²) in [5.41, 5.74) is 2.35. The van der Waals surface area contributed by atoms with Gasteiger partial charge in [-0.1, -0.05) is 60.7 Å². The van der Waals surface area contributed by atoms with Gasteiger partial charge < -0.3 is 9.47 Å². The lowest BCUT2D eigenvalue weighted by molar-refractivity contribution is 0.0311. The SMILES string of the molecule is O=S1(=O)CCN(Cc2ccccc2)CCOCCOCCN(Cc2ccccc2)CC1. The topological polar surface area (TPSA) is 59.1 Å². The molecule has 0 amide bonds. The maximum atomic E-state index is 12.8. The van der Waals surface area contributed by atoms with Gasteiger partial charge in [0.05, 0.1) is 37.9 Å². The second kappa shape index (κ2) is 12.9. The monoisotopic (exact) mass is 446 g/mol. The van der Waals surface area contributed by atoms with Gasteiger partial charge in [-0.25, -0.2) is 8.42 Å². The third-order valence-corrected chi connectivity index (χ3v) is 7.02. The van der Waals surface area contributed by atoms with Crippen molar-refractivity contribution in [2.24, 2.45) is 0 Å². The first-order valence-electron chi connectivity index (χ1n) is 11.0. The summed E-state index contributed by atoms with van der Waals surface area (Å²) in [5.74, 6) is 0.324. The highest BCUT2D eigenvalue weighted by Crippen LogP contribution is 2.08. The second-order valence-electron chi connectivity index (χ2n) is 7.90. The predicted molar refractivity (Wildman–Crippen MR) is 124 cm³/mol. The Morgan fingerprint density at radius 2 is 1.03 bits per heavy atom. The first-order chi connectivity index (χ1) is 15.1. The Bertz CT molecular complexity index is 781. The number of rotatable bonds is 4. The van der Waals surface area contributed by atoms with E-state index in [1.165, 1.54) is 11.1 Å². The minimum absolute atomic E-state index is 0.162. The molecule has 6 nitrogen and oxygen atoms in total. The highest BCUT2D eigenvalue weighted by Gasteiger charge is 2.17. The number of ether oxygens (including phenoxy) is 2. The third kappa shape index (κ3) is 9.49. The summed E-state index contributed by atoms with van der Waals surface area (Å²) >= 11 is 0. The standard InChI is InChI=1S/C24H34N2O4S/c27-31(28)19-13-25(21-23-7-3-1-4-8-23)11-15-29-17-18-30-16-12-26(14-20-31)22-24-9-5-2-6-10-24/h1-10H,11-22H2. The normalized spacial score (nSPS) is 20.5. The first-order valence-corrected chi connectivity index (χ1v) is 12.8. The van der Waals surface area contributed by atoms with Gasteiger partial charge >= 0.3 is 0 Å². The van der Waals surface area contributed by atoms with Crippen LogP contribution in [-0.4, -0.2) is 82.3 Å². The maximum absolute atomic E-state index is 12.8. The first kappa shape index (κ1) is 23.9. The molecule has 0 spiro atoms. The van der Waals surface area contributed by atoms with Crippen molar-refractivity contribution in [1.29, 1.82) is 0 Å². The summed E-state index contributed by atoms with van der Waals surface area (Å²) in [4.78, 5) is 4.32. The van der Waals surface area contributed by atoms with Gasteiger partial charge in [0.25, 0.3) is 0 Å². The average molecular weight is 447 g/mol. The molecule has 1 saturated heterocycles. The highest BCUT2D eigenvalue weighted by molar-refractivity contribution is 7.91. The molecule has 1 aliphatic heterocycles. The Morgan fingerprint density at radius 3 is 1.45 bits per heavy atom. The van der Waals surface area contributed by atoms with Crippen LogP contribution in [0.2, 0.25) is 0 Å². The molecule has 0 atom stereocenters. The van der Waals surface area contributed by atoms with E-state index in [0.717, 1.165) is 13.1 Å². The largest absolute Gasteiger partial charge is 0.378 e. The Kier molecular flexibility index (Phi) is 9.96. The van der Waals surface area contributed by atoms with Gasteiger partial charge in [0.2, 0.25) is 0 Å². The fourth-order valence-corrected chi connectivity index (χ4v) is 4.85. The van der Waals surface area contributed by atoms with Crippen molar-refractivity contribution >= 4 is 9.84 Å². The van der Waals surface area contributed by atoms with Gasteiger partial charge in [0.1, 0.15) is 0 Å². The van der Waals surface area contributed by atoms with Crippen molar-refractivity contribution in [3.8, 4) is 0 Å². The maximum Gasteiger partial charge on any atom is 0.152 e. The summed E-state index contributed by atoms with van der Waals surface area (Å²) in [5, 5.41) is 0. The van der Waals surface area contributed by atoms with E-state index in [-0.39, 0.29) is 11.5 Å². The molecule has 170 valence electrons. The molecule has 2 aromatic carbocycles. The predicted octanol–water partition coefficient (Wildman–Crippen LogP) is 2.45. The van der Waals surface area contributed by atoms with E-state index < -0.39 is 9.84 Å². The second-order valence-corrected chi connectivity index (χ2v) is 10.2. The van der Waals surface area contributed by atoms with Crippen LogP contribution < -0.4 is 0 Å². The molecule has 1 heterocycles. The molecule has 0 aromatic heterocycles. The van der Waals surface area contributed by atoms with E-state index in [9.17, 15) is 8.42 Å². The summed E-state index contributed by atoms with van der Waals surface area (Å²) in [6.45, 7) is 6.09. The van der Waals surface area contributed by atoms with E-state index in [1.807, 2.05) is 36.4 Å².